The molecule has 0 spiro atoms. The number of nitrogens with two attached hydrogens (primary N) is 1. The minimum atomic E-state index is -3.87. The summed E-state index contributed by atoms with van der Waals surface area (Å²) in [7, 11) is -0.735. The van der Waals surface area contributed by atoms with Gasteiger partial charge in [-0.3, -0.25) is 4.68 Å². The van der Waals surface area contributed by atoms with Crippen LogP contribution in [0.5, 0.6) is 5.75 Å². The lowest BCUT2D eigenvalue weighted by atomic mass is 10.0. The quantitative estimate of drug-likeness (QED) is 0.571. The Labute approximate surface area is 180 Å². The number of nitrogens with zero attached hydrogens (tertiary/aromatic N) is 5. The van der Waals surface area contributed by atoms with Crippen LogP contribution in [-0.4, -0.2) is 34.5 Å². The summed E-state index contributed by atoms with van der Waals surface area (Å²) < 4.78 is 35.7. The van der Waals surface area contributed by atoms with Gasteiger partial charge >= 0.3 is 0 Å². The maximum absolute atomic E-state index is 13.5. The normalized spacial score (nSPS) is 18.0. The molecular formula is C21H22N6O3S. The molecule has 160 valence electrons. The van der Waals surface area contributed by atoms with Gasteiger partial charge in [0.05, 0.1) is 17.1 Å². The number of hydrogen-bond acceptors (Lipinski definition) is 7. The summed E-state index contributed by atoms with van der Waals surface area (Å²) in [5, 5.41) is 14.1. The highest BCUT2D eigenvalue weighted by atomic mass is 32.2. The molecule has 9 nitrogen and oxygen atoms in total. The van der Waals surface area contributed by atoms with Crippen molar-refractivity contribution in [2.24, 2.45) is 7.05 Å². The van der Waals surface area contributed by atoms with Crippen molar-refractivity contribution in [3.8, 4) is 22.9 Å². The van der Waals surface area contributed by atoms with E-state index in [-0.39, 0.29) is 17.3 Å². The average molecular weight is 439 g/mol. The van der Waals surface area contributed by atoms with Crippen molar-refractivity contribution in [2.75, 3.05) is 12.8 Å². The molecule has 0 fully saturated rings. The first-order chi connectivity index (χ1) is 14.6. The number of anilines is 1. The van der Waals surface area contributed by atoms with Crippen LogP contribution in [0.1, 0.15) is 35.5 Å². The Hall–Kier alpha value is -3.42. The van der Waals surface area contributed by atoms with Crippen molar-refractivity contribution in [1.29, 1.82) is 5.26 Å². The standard InChI is InChI=1S/C21H22N6O3S/c1-12-5-6-19-15(7-12)13(2)30-18-8-14(10-24-21(18)23)20-16(11-26(3)31(19,28)29)25-27(4)17(20)9-22/h5-8,10,13H,11H2,1-4H3,(H2,23,24)/t13-/m1/s1. The van der Waals surface area contributed by atoms with Crippen LogP contribution < -0.4 is 10.5 Å². The zero-order valence-corrected chi connectivity index (χ0v) is 18.4. The highest BCUT2D eigenvalue weighted by Gasteiger charge is 2.30. The van der Waals surface area contributed by atoms with Crippen molar-refractivity contribution in [3.63, 3.8) is 0 Å². The number of pyridine rings is 1. The van der Waals surface area contributed by atoms with Gasteiger partial charge in [0.15, 0.2) is 11.6 Å². The lowest BCUT2D eigenvalue weighted by Crippen LogP contribution is -2.28. The predicted molar refractivity (Wildman–Crippen MR) is 114 cm³/mol. The Morgan fingerprint density at radius 1 is 1.29 bits per heavy atom. The first kappa shape index (κ1) is 20.8. The molecule has 10 heteroatoms. The number of aromatic nitrogens is 3. The number of hydrogen-bond donors (Lipinski definition) is 1. The van der Waals surface area contributed by atoms with Crippen LogP contribution in [0.25, 0.3) is 11.1 Å². The summed E-state index contributed by atoms with van der Waals surface area (Å²) in [5.41, 5.74) is 9.28. The van der Waals surface area contributed by atoms with Crippen LogP contribution in [0.3, 0.4) is 0 Å². The fourth-order valence-electron chi connectivity index (χ4n) is 3.75. The lowest BCUT2D eigenvalue weighted by molar-refractivity contribution is 0.224. The molecular weight excluding hydrogens is 416 g/mol. The predicted octanol–water partition coefficient (Wildman–Crippen LogP) is 2.52. The maximum atomic E-state index is 13.5. The second kappa shape index (κ2) is 7.37. The van der Waals surface area contributed by atoms with Gasteiger partial charge in [0.2, 0.25) is 10.0 Å². The molecule has 1 atom stereocenters. The minimum Gasteiger partial charge on any atom is -0.482 e. The number of benzene rings is 1. The molecule has 0 unspecified atom stereocenters. The van der Waals surface area contributed by atoms with E-state index in [1.165, 1.54) is 22.2 Å². The van der Waals surface area contributed by atoms with E-state index in [1.54, 1.807) is 38.2 Å². The van der Waals surface area contributed by atoms with Crippen LogP contribution in [0.4, 0.5) is 5.82 Å². The molecule has 1 aliphatic rings. The minimum absolute atomic E-state index is 0.0184. The summed E-state index contributed by atoms with van der Waals surface area (Å²) in [5.74, 6) is 0.480. The van der Waals surface area contributed by atoms with Crippen LogP contribution in [0, 0.1) is 18.3 Å². The van der Waals surface area contributed by atoms with Gasteiger partial charge < -0.3 is 10.5 Å². The number of fused-ring (bicyclic) bond motifs is 5. The van der Waals surface area contributed by atoms with E-state index in [9.17, 15) is 13.7 Å². The van der Waals surface area contributed by atoms with Crippen molar-refractivity contribution < 1.29 is 13.2 Å². The van der Waals surface area contributed by atoms with Crippen LogP contribution >= 0.6 is 0 Å². The second-order valence-corrected chi connectivity index (χ2v) is 9.59. The van der Waals surface area contributed by atoms with Gasteiger partial charge in [0.1, 0.15) is 17.9 Å². The van der Waals surface area contributed by atoms with Crippen LogP contribution in [0.15, 0.2) is 35.4 Å². The number of ether oxygens (including phenoxy) is 1. The fourth-order valence-corrected chi connectivity index (χ4v) is 5.14. The molecule has 31 heavy (non-hydrogen) atoms. The molecule has 0 saturated carbocycles. The maximum Gasteiger partial charge on any atom is 0.243 e. The molecule has 3 heterocycles. The van der Waals surface area contributed by atoms with Crippen molar-refractivity contribution in [2.45, 2.75) is 31.4 Å². The number of nitriles is 1. The molecule has 2 N–H and O–H groups in total. The monoisotopic (exact) mass is 438 g/mol. The summed E-state index contributed by atoms with van der Waals surface area (Å²) >= 11 is 0. The number of rotatable bonds is 0. The van der Waals surface area contributed by atoms with Crippen LogP contribution in [0.2, 0.25) is 0 Å². The summed E-state index contributed by atoms with van der Waals surface area (Å²) in [4.78, 5) is 4.39. The van der Waals surface area contributed by atoms with Gasteiger partial charge in [-0.15, -0.1) is 0 Å². The second-order valence-electron chi connectivity index (χ2n) is 7.58. The number of aryl methyl sites for hydroxylation is 2. The molecule has 2 aromatic heterocycles. The van der Waals surface area contributed by atoms with E-state index in [2.05, 4.69) is 16.2 Å². The topological polar surface area (TPSA) is 127 Å². The Kier molecular flexibility index (Phi) is 4.95. The first-order valence-corrected chi connectivity index (χ1v) is 11.0. The van der Waals surface area contributed by atoms with E-state index >= 15 is 0 Å². The van der Waals surface area contributed by atoms with E-state index < -0.39 is 16.1 Å². The van der Waals surface area contributed by atoms with Crippen molar-refractivity contribution >= 4 is 15.8 Å². The number of nitrogen functional groups attached to an aromatic ring is 1. The molecule has 3 aromatic rings. The summed E-state index contributed by atoms with van der Waals surface area (Å²) in [6.07, 6.45) is 0.924. The summed E-state index contributed by atoms with van der Waals surface area (Å²) in [6, 6.07) is 8.98. The fraction of sp³-hybridized carbons (Fsp3) is 0.286. The van der Waals surface area contributed by atoms with Crippen molar-refractivity contribution in [1.82, 2.24) is 19.1 Å². The number of sulfonamides is 1. The van der Waals surface area contributed by atoms with Crippen molar-refractivity contribution in [3.05, 3.63) is 53.0 Å². The van der Waals surface area contributed by atoms with E-state index in [1.807, 2.05) is 6.92 Å². The summed E-state index contributed by atoms with van der Waals surface area (Å²) in [6.45, 7) is 3.64. The van der Waals surface area contributed by atoms with Gasteiger partial charge in [-0.2, -0.15) is 14.7 Å². The Morgan fingerprint density at radius 2 is 2.03 bits per heavy atom. The Morgan fingerprint density at radius 3 is 2.74 bits per heavy atom. The van der Waals surface area contributed by atoms with Gasteiger partial charge in [0, 0.05) is 37.0 Å². The molecule has 0 aliphatic carbocycles. The molecule has 1 aromatic carbocycles. The van der Waals surface area contributed by atoms with Gasteiger partial charge in [-0.25, -0.2) is 13.4 Å². The van der Waals surface area contributed by atoms with Gasteiger partial charge in [-0.05, 0) is 26.0 Å². The van der Waals surface area contributed by atoms with E-state index in [4.69, 9.17) is 10.5 Å². The molecule has 0 saturated heterocycles. The smallest absolute Gasteiger partial charge is 0.243 e. The molecule has 1 aliphatic heterocycles. The highest BCUT2D eigenvalue weighted by Crippen LogP contribution is 2.37. The third kappa shape index (κ3) is 3.41. The van der Waals surface area contributed by atoms with Crippen LogP contribution in [-0.2, 0) is 23.6 Å². The van der Waals surface area contributed by atoms with E-state index in [0.29, 0.717) is 33.8 Å². The third-order valence-electron chi connectivity index (χ3n) is 5.36. The molecule has 2 bridgehead atoms. The zero-order chi connectivity index (χ0) is 22.5. The molecule has 4 rings (SSSR count). The lowest BCUT2D eigenvalue weighted by Gasteiger charge is -2.24. The molecule has 0 radical (unpaired) electrons. The van der Waals surface area contributed by atoms with Gasteiger partial charge in [0.25, 0.3) is 0 Å². The Bertz CT molecular complexity index is 1340. The third-order valence-corrected chi connectivity index (χ3v) is 7.24. The SMILES string of the molecule is Cc1ccc2c(c1)[C@@H](C)Oc1cc(cnc1N)-c1c(nn(C)c1C#N)CN(C)S2(=O)=O. The van der Waals surface area contributed by atoms with E-state index in [0.717, 1.165) is 5.56 Å². The largest absolute Gasteiger partial charge is 0.482 e. The first-order valence-electron chi connectivity index (χ1n) is 9.59. The Balaban J connectivity index is 2.03. The zero-order valence-electron chi connectivity index (χ0n) is 17.6. The molecule has 0 amide bonds. The highest BCUT2D eigenvalue weighted by molar-refractivity contribution is 7.89. The van der Waals surface area contributed by atoms with Gasteiger partial charge in [-0.1, -0.05) is 17.7 Å². The average Bonchev–Trinajstić information content (AvgIpc) is 3.03.